The summed E-state index contributed by atoms with van der Waals surface area (Å²) in [7, 11) is 0. The van der Waals surface area contributed by atoms with Gasteiger partial charge in [-0.1, -0.05) is 30.9 Å². The first-order chi connectivity index (χ1) is 15.2. The van der Waals surface area contributed by atoms with Gasteiger partial charge in [0.25, 0.3) is 5.96 Å². The molecule has 1 atom stereocenters. The van der Waals surface area contributed by atoms with Gasteiger partial charge in [-0.15, -0.1) is 11.3 Å². The highest BCUT2D eigenvalue weighted by atomic mass is 35.5. The van der Waals surface area contributed by atoms with Gasteiger partial charge in [-0.25, -0.2) is 19.8 Å². The van der Waals surface area contributed by atoms with Crippen LogP contribution in [0.2, 0.25) is 4.34 Å². The summed E-state index contributed by atoms with van der Waals surface area (Å²) in [5.74, 6) is -0.670. The summed E-state index contributed by atoms with van der Waals surface area (Å²) in [6, 6.07) is 3.47. The lowest BCUT2D eigenvalue weighted by Gasteiger charge is -2.35. The third-order valence-corrected chi connectivity index (χ3v) is 6.56. The van der Waals surface area contributed by atoms with E-state index in [1.807, 2.05) is 6.92 Å². The number of carbonyl (C=O) groups excluding carboxylic acids is 2. The number of nitro groups is 1. The van der Waals surface area contributed by atoms with E-state index in [2.05, 4.69) is 5.10 Å². The lowest BCUT2D eigenvalue weighted by atomic mass is 9.76. The summed E-state index contributed by atoms with van der Waals surface area (Å²) < 4.78 is 16.5. The zero-order valence-corrected chi connectivity index (χ0v) is 19.4. The van der Waals surface area contributed by atoms with Crippen LogP contribution in [0.3, 0.4) is 0 Å². The van der Waals surface area contributed by atoms with Crippen LogP contribution in [0.15, 0.2) is 17.2 Å². The molecule has 1 aromatic rings. The van der Waals surface area contributed by atoms with Gasteiger partial charge in [0.2, 0.25) is 6.29 Å². The van der Waals surface area contributed by atoms with Crippen LogP contribution in [-0.4, -0.2) is 52.6 Å². The number of amides is 1. The molecule has 3 rings (SSSR count). The molecule has 2 heterocycles. The lowest BCUT2D eigenvalue weighted by Crippen LogP contribution is -2.54. The molecule has 1 amide bonds. The van der Waals surface area contributed by atoms with Crippen LogP contribution < -0.4 is 0 Å². The number of rotatable bonds is 6. The highest BCUT2D eigenvalue weighted by molar-refractivity contribution is 7.16. The zero-order chi connectivity index (χ0) is 23.3. The Morgan fingerprint density at radius 2 is 2.03 bits per heavy atom. The number of ether oxygens (including phenoxy) is 3. The van der Waals surface area contributed by atoms with Crippen molar-refractivity contribution in [1.82, 2.24) is 9.80 Å². The van der Waals surface area contributed by atoms with E-state index in [1.54, 1.807) is 12.1 Å². The number of guanidine groups is 1. The minimum atomic E-state index is -1.18. The maximum atomic E-state index is 12.7. The Labute approximate surface area is 194 Å². The average Bonchev–Trinajstić information content (AvgIpc) is 3.14. The van der Waals surface area contributed by atoms with E-state index in [9.17, 15) is 19.7 Å². The van der Waals surface area contributed by atoms with E-state index in [-0.39, 0.29) is 26.0 Å². The molecule has 0 radical (unpaired) electrons. The zero-order valence-electron chi connectivity index (χ0n) is 17.8. The number of carbonyl (C=O) groups is 2. The second-order valence-electron chi connectivity index (χ2n) is 7.91. The molecule has 1 aromatic heterocycles. The third kappa shape index (κ3) is 6.08. The van der Waals surface area contributed by atoms with Crippen LogP contribution >= 0.6 is 22.9 Å². The number of thiophene rings is 1. The average molecular weight is 489 g/mol. The molecule has 0 aromatic carbocycles. The van der Waals surface area contributed by atoms with Gasteiger partial charge in [0.1, 0.15) is 18.6 Å². The second kappa shape index (κ2) is 10.5. The molecule has 1 aliphatic carbocycles. The highest BCUT2D eigenvalue weighted by Crippen LogP contribution is 2.37. The van der Waals surface area contributed by atoms with Crippen LogP contribution in [0.5, 0.6) is 0 Å². The minimum Gasteiger partial charge on any atom is -0.425 e. The quantitative estimate of drug-likeness (QED) is 0.255. The fraction of sp³-hybridized carbons (Fsp3) is 0.632. The Balaban J connectivity index is 1.66. The van der Waals surface area contributed by atoms with Crippen molar-refractivity contribution in [2.45, 2.75) is 58.8 Å². The predicted molar refractivity (Wildman–Crippen MR) is 115 cm³/mol. The van der Waals surface area contributed by atoms with E-state index in [0.717, 1.165) is 29.0 Å². The Morgan fingerprint density at radius 1 is 1.31 bits per heavy atom. The molecule has 0 spiro atoms. The molecule has 1 saturated carbocycles. The number of hydrogen-bond donors (Lipinski definition) is 0. The molecule has 13 heteroatoms. The molecule has 2 aliphatic rings. The molecule has 0 bridgehead atoms. The summed E-state index contributed by atoms with van der Waals surface area (Å²) in [5, 5.41) is 13.5. The predicted octanol–water partition coefficient (Wildman–Crippen LogP) is 3.99. The van der Waals surface area contributed by atoms with Crippen LogP contribution in [0, 0.1) is 15.5 Å². The van der Waals surface area contributed by atoms with Crippen LogP contribution in [0.25, 0.3) is 0 Å². The Morgan fingerprint density at radius 3 is 2.66 bits per heavy atom. The first-order valence-corrected chi connectivity index (χ1v) is 11.4. The molecule has 2 fully saturated rings. The van der Waals surface area contributed by atoms with Crippen molar-refractivity contribution in [2.75, 3.05) is 13.5 Å². The normalized spacial score (nSPS) is 20.7. The second-order valence-corrected chi connectivity index (χ2v) is 9.71. The Bertz CT molecular complexity index is 887. The fourth-order valence-electron chi connectivity index (χ4n) is 3.65. The van der Waals surface area contributed by atoms with Gasteiger partial charge in [0.05, 0.1) is 16.3 Å². The smallest absolute Gasteiger partial charge is 0.421 e. The number of hydrogen-bond acceptors (Lipinski definition) is 8. The van der Waals surface area contributed by atoms with Crippen LogP contribution in [-0.2, 0) is 25.5 Å². The molecule has 1 unspecified atom stereocenters. The molecule has 1 saturated heterocycles. The van der Waals surface area contributed by atoms with Gasteiger partial charge >= 0.3 is 12.1 Å². The van der Waals surface area contributed by atoms with Crippen LogP contribution in [0.4, 0.5) is 4.79 Å². The van der Waals surface area contributed by atoms with E-state index in [1.165, 1.54) is 23.2 Å². The van der Waals surface area contributed by atoms with Gasteiger partial charge in [-0.05, 0) is 31.9 Å². The molecule has 1 aliphatic heterocycles. The number of nitrogens with zero attached hydrogens (tertiary/aromatic N) is 4. The van der Waals surface area contributed by atoms with Crippen molar-refractivity contribution < 1.29 is 28.8 Å². The maximum absolute atomic E-state index is 12.7. The molecular weight excluding hydrogens is 464 g/mol. The van der Waals surface area contributed by atoms with E-state index in [4.69, 9.17) is 25.8 Å². The van der Waals surface area contributed by atoms with E-state index in [0.29, 0.717) is 17.2 Å². The van der Waals surface area contributed by atoms with Gasteiger partial charge in [-0.3, -0.25) is 4.79 Å². The van der Waals surface area contributed by atoms with Gasteiger partial charge in [-0.2, -0.15) is 0 Å². The van der Waals surface area contributed by atoms with Crippen molar-refractivity contribution >= 4 is 41.0 Å². The highest BCUT2D eigenvalue weighted by Gasteiger charge is 2.39. The number of hydrazone groups is 1. The summed E-state index contributed by atoms with van der Waals surface area (Å²) in [6.45, 7) is 3.14. The molecule has 11 nitrogen and oxygen atoms in total. The molecule has 0 N–H and O–H groups in total. The van der Waals surface area contributed by atoms with E-state index >= 15 is 0 Å². The maximum Gasteiger partial charge on any atom is 0.421 e. The van der Waals surface area contributed by atoms with Crippen molar-refractivity contribution in [3.8, 4) is 0 Å². The lowest BCUT2D eigenvalue weighted by molar-refractivity contribution is -0.486. The fourth-order valence-corrected chi connectivity index (χ4v) is 4.76. The monoisotopic (exact) mass is 488 g/mol. The van der Waals surface area contributed by atoms with Gasteiger partial charge in [0.15, 0.2) is 5.03 Å². The van der Waals surface area contributed by atoms with Crippen LogP contribution in [0.1, 0.15) is 50.8 Å². The SMILES string of the molecule is CC(OC(=O)N1COCN(Cc2ccc(Cl)s2)/C1=N/[N+](=O)[O-])OC(=O)C1(C)CCCCC1. The standard InChI is InChI=1S/C19H25ClN4O7S/c1-13(30-16(25)19(2)8-4-3-5-9-19)31-18(26)23-12-29-11-22(17(23)21-24(27)28)10-14-6-7-15(20)32-14/h6-7,13H,3-5,8-12H2,1-2H3/b21-17-. The summed E-state index contributed by atoms with van der Waals surface area (Å²) in [6.07, 6.45) is 2.23. The number of esters is 1. The van der Waals surface area contributed by atoms with Gasteiger partial charge in [0, 0.05) is 11.8 Å². The first kappa shape index (κ1) is 24.2. The Hall–Kier alpha value is -2.44. The molecule has 176 valence electrons. The number of halogens is 1. The van der Waals surface area contributed by atoms with Crippen molar-refractivity contribution in [2.24, 2.45) is 10.5 Å². The van der Waals surface area contributed by atoms with E-state index < -0.39 is 28.8 Å². The van der Waals surface area contributed by atoms with Crippen molar-refractivity contribution in [1.29, 1.82) is 0 Å². The Kier molecular flexibility index (Phi) is 7.91. The van der Waals surface area contributed by atoms with Gasteiger partial charge < -0.3 is 19.1 Å². The summed E-state index contributed by atoms with van der Waals surface area (Å²) >= 11 is 7.24. The topological polar surface area (TPSA) is 124 Å². The minimum absolute atomic E-state index is 0.0190. The molecular formula is C19H25ClN4O7S. The molecule has 32 heavy (non-hydrogen) atoms. The summed E-state index contributed by atoms with van der Waals surface area (Å²) in [4.78, 5) is 39.5. The van der Waals surface area contributed by atoms with Crippen molar-refractivity contribution in [3.05, 3.63) is 31.5 Å². The van der Waals surface area contributed by atoms with Crippen molar-refractivity contribution in [3.63, 3.8) is 0 Å². The first-order valence-electron chi connectivity index (χ1n) is 10.2. The third-order valence-electron chi connectivity index (χ3n) is 5.35. The summed E-state index contributed by atoms with van der Waals surface area (Å²) in [5.41, 5.74) is -0.607. The largest absolute Gasteiger partial charge is 0.425 e.